The van der Waals surface area contributed by atoms with Crippen molar-refractivity contribution in [1.29, 1.82) is 0 Å². The van der Waals surface area contributed by atoms with Gasteiger partial charge < -0.3 is 19.1 Å². The molecule has 3 aromatic rings. The fourth-order valence-electron chi connectivity index (χ4n) is 5.44. The van der Waals surface area contributed by atoms with Gasteiger partial charge in [0.1, 0.15) is 6.73 Å². The number of carbonyl (C=O) groups excluding carboxylic acids is 3. The van der Waals surface area contributed by atoms with Crippen molar-refractivity contribution in [2.45, 2.75) is 39.1 Å². The van der Waals surface area contributed by atoms with E-state index in [0.29, 0.717) is 23.4 Å². The normalized spacial score (nSPS) is 18.1. The number of aromatic nitrogens is 1. The second-order valence-corrected chi connectivity index (χ2v) is 10.8. The summed E-state index contributed by atoms with van der Waals surface area (Å²) in [7, 11) is 4.72. The maximum absolute atomic E-state index is 14.1. The predicted octanol–water partition coefficient (Wildman–Crippen LogP) is 3.56. The highest BCUT2D eigenvalue weighted by Crippen LogP contribution is 2.38. The molecule has 1 aliphatic heterocycles. The number of likely N-dealkylation sites (N-methyl/N-ethyl adjacent to an activating group) is 1. The zero-order valence-electron chi connectivity index (χ0n) is 22.6. The van der Waals surface area contributed by atoms with Crippen LogP contribution in [0.3, 0.4) is 0 Å². The number of amides is 2. The summed E-state index contributed by atoms with van der Waals surface area (Å²) in [4.78, 5) is 45.0. The zero-order valence-corrected chi connectivity index (χ0v) is 22.6. The Balaban J connectivity index is 1.43. The van der Waals surface area contributed by atoms with Crippen LogP contribution in [-0.4, -0.2) is 83.7 Å². The molecule has 8 heteroatoms. The Labute approximate surface area is 223 Å². The maximum Gasteiger partial charge on any atom is 0.294 e. The SMILES string of the molecule is COCn1cc(C(=O)N2CCN(Cc3ccc(C)cc3)CC2C2CC2)c2cc(C(=O)C(=O)N(C)C)ccc21. The van der Waals surface area contributed by atoms with Gasteiger partial charge >= 0.3 is 0 Å². The summed E-state index contributed by atoms with van der Waals surface area (Å²) in [6, 6.07) is 13.9. The first-order valence-electron chi connectivity index (χ1n) is 13.2. The minimum atomic E-state index is -0.591. The number of methoxy groups -OCH3 is 1. The van der Waals surface area contributed by atoms with Gasteiger partial charge in [-0.05, 0) is 49.4 Å². The van der Waals surface area contributed by atoms with Gasteiger partial charge in [0.25, 0.3) is 11.8 Å². The van der Waals surface area contributed by atoms with Gasteiger partial charge in [-0.25, -0.2) is 0 Å². The maximum atomic E-state index is 14.1. The first-order chi connectivity index (χ1) is 18.3. The van der Waals surface area contributed by atoms with E-state index in [0.717, 1.165) is 38.0 Å². The number of rotatable bonds is 8. The predicted molar refractivity (Wildman–Crippen MR) is 146 cm³/mol. The number of Topliss-reactive ketones (excluding diaryl/α,β-unsaturated/α-hetero) is 1. The first kappa shape index (κ1) is 26.1. The van der Waals surface area contributed by atoms with Crippen LogP contribution in [0.25, 0.3) is 10.9 Å². The molecule has 0 bridgehead atoms. The number of hydrogen-bond donors (Lipinski definition) is 0. The largest absolute Gasteiger partial charge is 0.364 e. The number of carbonyl (C=O) groups is 3. The highest BCUT2D eigenvalue weighted by atomic mass is 16.5. The summed E-state index contributed by atoms with van der Waals surface area (Å²) in [5.41, 5.74) is 4.16. The van der Waals surface area contributed by atoms with Gasteiger partial charge in [-0.3, -0.25) is 19.3 Å². The minimum Gasteiger partial charge on any atom is -0.364 e. The Bertz CT molecular complexity index is 1360. The molecule has 1 atom stereocenters. The van der Waals surface area contributed by atoms with Crippen molar-refractivity contribution in [3.05, 3.63) is 70.9 Å². The number of benzene rings is 2. The summed E-state index contributed by atoms with van der Waals surface area (Å²) < 4.78 is 7.25. The van der Waals surface area contributed by atoms with Crippen LogP contribution in [0.4, 0.5) is 0 Å². The van der Waals surface area contributed by atoms with Crippen molar-refractivity contribution in [2.24, 2.45) is 5.92 Å². The van der Waals surface area contributed by atoms with Crippen molar-refractivity contribution in [3.63, 3.8) is 0 Å². The summed E-state index contributed by atoms with van der Waals surface area (Å²) in [6.45, 7) is 5.57. The van der Waals surface area contributed by atoms with Gasteiger partial charge in [-0.1, -0.05) is 29.8 Å². The molecular weight excluding hydrogens is 480 g/mol. The number of aryl methyl sites for hydroxylation is 1. The Hall–Kier alpha value is -3.49. The fraction of sp³-hybridized carbons (Fsp3) is 0.433. The van der Waals surface area contributed by atoms with Crippen molar-refractivity contribution < 1.29 is 19.1 Å². The van der Waals surface area contributed by atoms with Crippen LogP contribution in [-0.2, 0) is 22.8 Å². The first-order valence-corrected chi connectivity index (χ1v) is 13.2. The minimum absolute atomic E-state index is 0.0275. The van der Waals surface area contributed by atoms with E-state index in [-0.39, 0.29) is 24.2 Å². The molecule has 8 nitrogen and oxygen atoms in total. The Kier molecular flexibility index (Phi) is 7.36. The van der Waals surface area contributed by atoms with Gasteiger partial charge in [-0.15, -0.1) is 0 Å². The molecule has 1 aliphatic carbocycles. The molecule has 0 N–H and O–H groups in total. The van der Waals surface area contributed by atoms with Crippen LogP contribution in [0.5, 0.6) is 0 Å². The lowest BCUT2D eigenvalue weighted by Gasteiger charge is -2.42. The summed E-state index contributed by atoms with van der Waals surface area (Å²) in [6.07, 6.45) is 4.11. The van der Waals surface area contributed by atoms with Gasteiger partial charge in [-0.2, -0.15) is 0 Å². The standard InChI is InChI=1S/C30H36N4O4/c1-20-5-7-21(8-6-20)16-32-13-14-34(27(18-32)22-9-10-22)29(36)25-17-33(19-38-4)26-12-11-23(15-24(25)26)28(35)30(37)31(2)3/h5-8,11-12,15,17,22,27H,9-10,13-14,16,18-19H2,1-4H3. The molecular formula is C30H36N4O4. The summed E-state index contributed by atoms with van der Waals surface area (Å²) >= 11 is 0. The third-order valence-electron chi connectivity index (χ3n) is 7.70. The van der Waals surface area contributed by atoms with Crippen molar-refractivity contribution >= 4 is 28.5 Å². The average Bonchev–Trinajstić information content (AvgIpc) is 3.71. The lowest BCUT2D eigenvalue weighted by molar-refractivity contribution is -0.124. The van der Waals surface area contributed by atoms with Crippen LogP contribution in [0, 0.1) is 12.8 Å². The smallest absolute Gasteiger partial charge is 0.294 e. The molecule has 1 unspecified atom stereocenters. The Morgan fingerprint density at radius 3 is 2.42 bits per heavy atom. The third-order valence-corrected chi connectivity index (χ3v) is 7.70. The highest BCUT2D eigenvalue weighted by molar-refractivity contribution is 6.43. The molecule has 2 amide bonds. The second kappa shape index (κ2) is 10.7. The van der Waals surface area contributed by atoms with E-state index < -0.39 is 11.7 Å². The molecule has 1 saturated heterocycles. The Morgan fingerprint density at radius 2 is 1.76 bits per heavy atom. The van der Waals surface area contributed by atoms with Crippen LogP contribution in [0.1, 0.15) is 44.7 Å². The number of ketones is 1. The van der Waals surface area contributed by atoms with Crippen LogP contribution >= 0.6 is 0 Å². The zero-order chi connectivity index (χ0) is 27.0. The number of piperazine rings is 1. The molecule has 5 rings (SSSR count). The number of fused-ring (bicyclic) bond motifs is 1. The lowest BCUT2D eigenvalue weighted by atomic mass is 10.0. The third kappa shape index (κ3) is 5.24. The van der Waals surface area contributed by atoms with E-state index in [2.05, 4.69) is 36.1 Å². The van der Waals surface area contributed by atoms with Gasteiger partial charge in [0, 0.05) is 70.6 Å². The quantitative estimate of drug-likeness (QED) is 0.338. The molecule has 2 fully saturated rings. The topological polar surface area (TPSA) is 75.1 Å². The lowest BCUT2D eigenvalue weighted by Crippen LogP contribution is -2.55. The van der Waals surface area contributed by atoms with Crippen LogP contribution in [0.15, 0.2) is 48.7 Å². The number of hydrogen-bond acceptors (Lipinski definition) is 5. The Morgan fingerprint density at radius 1 is 1.03 bits per heavy atom. The molecule has 2 aliphatic rings. The van der Waals surface area contributed by atoms with E-state index in [1.54, 1.807) is 39.4 Å². The second-order valence-electron chi connectivity index (χ2n) is 10.8. The molecule has 0 radical (unpaired) electrons. The van der Waals surface area contributed by atoms with E-state index >= 15 is 0 Å². The van der Waals surface area contributed by atoms with E-state index in [1.807, 2.05) is 15.7 Å². The fourth-order valence-corrected chi connectivity index (χ4v) is 5.44. The van der Waals surface area contributed by atoms with Crippen molar-refractivity contribution in [1.82, 2.24) is 19.3 Å². The van der Waals surface area contributed by atoms with Crippen LogP contribution < -0.4 is 0 Å². The van der Waals surface area contributed by atoms with Gasteiger partial charge in [0.15, 0.2) is 0 Å². The molecule has 200 valence electrons. The molecule has 2 aromatic carbocycles. The van der Waals surface area contributed by atoms with Crippen molar-refractivity contribution in [3.8, 4) is 0 Å². The molecule has 1 saturated carbocycles. The average molecular weight is 517 g/mol. The summed E-state index contributed by atoms with van der Waals surface area (Å²) in [5.74, 6) is -0.690. The van der Waals surface area contributed by atoms with E-state index in [1.165, 1.54) is 16.0 Å². The molecule has 1 aromatic heterocycles. The highest BCUT2D eigenvalue weighted by Gasteiger charge is 2.41. The van der Waals surface area contributed by atoms with E-state index in [9.17, 15) is 14.4 Å². The van der Waals surface area contributed by atoms with Gasteiger partial charge in [0.2, 0.25) is 5.78 Å². The van der Waals surface area contributed by atoms with E-state index in [4.69, 9.17) is 4.74 Å². The monoisotopic (exact) mass is 516 g/mol. The molecule has 2 heterocycles. The molecule has 0 spiro atoms. The summed E-state index contributed by atoms with van der Waals surface area (Å²) in [5, 5.41) is 0.668. The van der Waals surface area contributed by atoms with Gasteiger partial charge in [0.05, 0.1) is 11.1 Å². The number of nitrogens with zero attached hydrogens (tertiary/aromatic N) is 4. The van der Waals surface area contributed by atoms with Crippen molar-refractivity contribution in [2.75, 3.05) is 40.8 Å². The number of ether oxygens (including phenoxy) is 1. The van der Waals surface area contributed by atoms with Crippen LogP contribution in [0.2, 0.25) is 0 Å². The molecule has 38 heavy (non-hydrogen) atoms.